The van der Waals surface area contributed by atoms with Crippen LogP contribution in [0.3, 0.4) is 0 Å². The molecule has 1 amide bonds. The molecule has 0 aliphatic heterocycles. The van der Waals surface area contributed by atoms with E-state index in [0.29, 0.717) is 16.8 Å². The van der Waals surface area contributed by atoms with Gasteiger partial charge in [0.15, 0.2) is 0 Å². The number of non-ortho nitro benzene ring substituents is 1. The van der Waals surface area contributed by atoms with E-state index in [2.05, 4.69) is 5.32 Å². The van der Waals surface area contributed by atoms with Crippen molar-refractivity contribution in [3.8, 4) is 5.75 Å². The minimum atomic E-state index is -4.29. The monoisotopic (exact) mass is 426 g/mol. The van der Waals surface area contributed by atoms with Crippen LogP contribution in [0.15, 0.2) is 71.6 Å². The normalized spacial score (nSPS) is 11.0. The summed E-state index contributed by atoms with van der Waals surface area (Å²) < 4.78 is 30.2. The molecule has 3 aromatic carbocycles. The summed E-state index contributed by atoms with van der Waals surface area (Å²) in [4.78, 5) is 22.3. The molecule has 1 N–H and O–H groups in total. The zero-order valence-electron chi connectivity index (χ0n) is 16.2. The zero-order chi connectivity index (χ0) is 21.9. The van der Waals surface area contributed by atoms with Crippen LogP contribution in [-0.4, -0.2) is 19.2 Å². The van der Waals surface area contributed by atoms with E-state index in [1.165, 1.54) is 43.3 Å². The first kappa shape index (κ1) is 21.0. The second-order valence-corrected chi connectivity index (χ2v) is 8.10. The van der Waals surface area contributed by atoms with E-state index in [9.17, 15) is 23.3 Å². The number of nitro benzene ring substituents is 1. The second kappa shape index (κ2) is 8.34. The van der Waals surface area contributed by atoms with Crippen molar-refractivity contribution in [3.05, 3.63) is 93.5 Å². The fourth-order valence-electron chi connectivity index (χ4n) is 2.65. The lowest BCUT2D eigenvalue weighted by Crippen LogP contribution is -2.13. The SMILES string of the molecule is Cc1ccc(NC(=O)c2ccc(OS(=O)(=O)c3cc([N+](=O)[O-])ccc3C)cc2)cc1. The molecule has 3 aromatic rings. The van der Waals surface area contributed by atoms with Gasteiger partial charge in [0.05, 0.1) is 4.92 Å². The van der Waals surface area contributed by atoms with Gasteiger partial charge in [-0.25, -0.2) is 0 Å². The highest BCUT2D eigenvalue weighted by molar-refractivity contribution is 7.87. The van der Waals surface area contributed by atoms with Crippen molar-refractivity contribution >= 4 is 27.4 Å². The molecular weight excluding hydrogens is 408 g/mol. The van der Waals surface area contributed by atoms with E-state index < -0.39 is 15.0 Å². The van der Waals surface area contributed by atoms with Crippen molar-refractivity contribution < 1.29 is 22.3 Å². The van der Waals surface area contributed by atoms with Crippen LogP contribution in [0.5, 0.6) is 5.75 Å². The van der Waals surface area contributed by atoms with Crippen molar-refractivity contribution in [2.45, 2.75) is 18.7 Å². The molecule has 0 bridgehead atoms. The third-order valence-electron chi connectivity index (χ3n) is 4.28. The lowest BCUT2D eigenvalue weighted by atomic mass is 10.2. The largest absolute Gasteiger partial charge is 0.379 e. The molecule has 0 aliphatic rings. The van der Waals surface area contributed by atoms with E-state index in [1.807, 2.05) is 19.1 Å². The van der Waals surface area contributed by atoms with E-state index in [1.54, 1.807) is 12.1 Å². The Morgan fingerprint density at radius 1 is 0.967 bits per heavy atom. The molecule has 0 atom stereocenters. The number of carbonyl (C=O) groups excluding carboxylic acids is 1. The van der Waals surface area contributed by atoms with Crippen LogP contribution in [-0.2, 0) is 10.1 Å². The van der Waals surface area contributed by atoms with Gasteiger partial charge in [-0.05, 0) is 55.8 Å². The van der Waals surface area contributed by atoms with Crippen LogP contribution in [0.25, 0.3) is 0 Å². The third-order valence-corrected chi connectivity index (χ3v) is 5.67. The number of benzene rings is 3. The minimum Gasteiger partial charge on any atom is -0.379 e. The zero-order valence-corrected chi connectivity index (χ0v) is 17.0. The number of nitro groups is 1. The van der Waals surface area contributed by atoms with Crippen LogP contribution >= 0.6 is 0 Å². The summed E-state index contributed by atoms with van der Waals surface area (Å²) >= 11 is 0. The van der Waals surface area contributed by atoms with Gasteiger partial charge in [0.25, 0.3) is 11.6 Å². The molecule has 30 heavy (non-hydrogen) atoms. The molecule has 0 saturated heterocycles. The molecule has 0 saturated carbocycles. The number of anilines is 1. The van der Waals surface area contributed by atoms with Gasteiger partial charge in [0.1, 0.15) is 10.6 Å². The number of nitrogens with one attached hydrogen (secondary N) is 1. The third kappa shape index (κ3) is 4.81. The number of rotatable bonds is 6. The number of nitrogens with zero attached hydrogens (tertiary/aromatic N) is 1. The van der Waals surface area contributed by atoms with E-state index >= 15 is 0 Å². The molecule has 154 valence electrons. The first-order chi connectivity index (χ1) is 14.2. The van der Waals surface area contributed by atoms with Gasteiger partial charge in [0.2, 0.25) is 0 Å². The summed E-state index contributed by atoms with van der Waals surface area (Å²) in [6.45, 7) is 3.45. The van der Waals surface area contributed by atoms with Crippen molar-refractivity contribution in [2.24, 2.45) is 0 Å². The Balaban J connectivity index is 1.76. The topological polar surface area (TPSA) is 116 Å². The van der Waals surface area contributed by atoms with Gasteiger partial charge < -0.3 is 9.50 Å². The summed E-state index contributed by atoms with van der Waals surface area (Å²) in [6.07, 6.45) is 0. The van der Waals surface area contributed by atoms with Crippen molar-refractivity contribution in [2.75, 3.05) is 5.32 Å². The maximum absolute atomic E-state index is 12.6. The van der Waals surface area contributed by atoms with Gasteiger partial charge in [-0.2, -0.15) is 8.42 Å². The average molecular weight is 426 g/mol. The highest BCUT2D eigenvalue weighted by Gasteiger charge is 2.23. The number of hydrogen-bond acceptors (Lipinski definition) is 6. The smallest absolute Gasteiger partial charge is 0.339 e. The second-order valence-electron chi connectivity index (χ2n) is 6.59. The molecule has 8 nitrogen and oxygen atoms in total. The molecule has 9 heteroatoms. The molecular formula is C21H18N2O6S. The predicted octanol–water partition coefficient (Wildman–Crippen LogP) is 4.23. The predicted molar refractivity (Wildman–Crippen MR) is 111 cm³/mol. The molecule has 0 heterocycles. The Hall–Kier alpha value is -3.72. The Bertz CT molecular complexity index is 1200. The highest BCUT2D eigenvalue weighted by atomic mass is 32.2. The van der Waals surface area contributed by atoms with Crippen LogP contribution in [0, 0.1) is 24.0 Å². The van der Waals surface area contributed by atoms with E-state index in [0.717, 1.165) is 11.6 Å². The van der Waals surface area contributed by atoms with Crippen molar-refractivity contribution in [1.29, 1.82) is 0 Å². The summed E-state index contributed by atoms with van der Waals surface area (Å²) in [7, 11) is -4.29. The molecule has 0 radical (unpaired) electrons. The molecule has 0 aromatic heterocycles. The number of aryl methyl sites for hydroxylation is 2. The Labute approximate surface area is 173 Å². The Morgan fingerprint density at radius 2 is 1.60 bits per heavy atom. The maximum atomic E-state index is 12.6. The quantitative estimate of drug-likeness (QED) is 0.358. The van der Waals surface area contributed by atoms with Gasteiger partial charge >= 0.3 is 10.1 Å². The number of hydrogen-bond donors (Lipinski definition) is 1. The van der Waals surface area contributed by atoms with Crippen molar-refractivity contribution in [1.82, 2.24) is 0 Å². The number of amides is 1. The molecule has 0 aliphatic carbocycles. The van der Waals surface area contributed by atoms with Crippen LogP contribution in [0.1, 0.15) is 21.5 Å². The van der Waals surface area contributed by atoms with Crippen LogP contribution in [0.4, 0.5) is 11.4 Å². The molecule has 0 spiro atoms. The fraction of sp³-hybridized carbons (Fsp3) is 0.0952. The summed E-state index contributed by atoms with van der Waals surface area (Å²) in [5, 5.41) is 13.7. The first-order valence-electron chi connectivity index (χ1n) is 8.83. The van der Waals surface area contributed by atoms with Gasteiger partial charge in [-0.3, -0.25) is 14.9 Å². The van der Waals surface area contributed by atoms with Crippen molar-refractivity contribution in [3.63, 3.8) is 0 Å². The lowest BCUT2D eigenvalue weighted by Gasteiger charge is -2.10. The molecule has 0 unspecified atom stereocenters. The molecule has 3 rings (SSSR count). The lowest BCUT2D eigenvalue weighted by molar-refractivity contribution is -0.385. The fourth-order valence-corrected chi connectivity index (χ4v) is 3.83. The van der Waals surface area contributed by atoms with E-state index in [4.69, 9.17) is 4.18 Å². The average Bonchev–Trinajstić information content (AvgIpc) is 2.70. The summed E-state index contributed by atoms with van der Waals surface area (Å²) in [6, 6.07) is 16.3. The van der Waals surface area contributed by atoms with Gasteiger partial charge in [0, 0.05) is 23.4 Å². The Morgan fingerprint density at radius 3 is 2.20 bits per heavy atom. The maximum Gasteiger partial charge on any atom is 0.339 e. The highest BCUT2D eigenvalue weighted by Crippen LogP contribution is 2.25. The first-order valence-corrected chi connectivity index (χ1v) is 10.2. The number of carbonyl (C=O) groups is 1. The van der Waals surface area contributed by atoms with Crippen LogP contribution < -0.4 is 9.50 Å². The van der Waals surface area contributed by atoms with Gasteiger partial charge in [-0.15, -0.1) is 0 Å². The van der Waals surface area contributed by atoms with E-state index in [-0.39, 0.29) is 22.2 Å². The summed E-state index contributed by atoms with van der Waals surface area (Å²) in [5.41, 5.74) is 1.97. The Kier molecular flexibility index (Phi) is 5.84. The molecule has 0 fully saturated rings. The van der Waals surface area contributed by atoms with Gasteiger partial charge in [-0.1, -0.05) is 23.8 Å². The standard InChI is InChI=1S/C21H18N2O6S/c1-14-3-8-17(9-4-14)22-21(24)16-6-11-19(12-7-16)29-30(27,28)20-13-18(23(25)26)10-5-15(20)2/h3-13H,1-2H3,(H,22,24). The summed E-state index contributed by atoms with van der Waals surface area (Å²) in [5.74, 6) is -0.379. The van der Waals surface area contributed by atoms with Crippen LogP contribution in [0.2, 0.25) is 0 Å². The minimum absolute atomic E-state index is 0.0206.